The van der Waals surface area contributed by atoms with E-state index in [1.165, 1.54) is 7.11 Å². The van der Waals surface area contributed by atoms with Crippen molar-refractivity contribution in [3.8, 4) is 0 Å². The van der Waals surface area contributed by atoms with Gasteiger partial charge in [0.1, 0.15) is 0 Å². The average Bonchev–Trinajstić information content (AvgIpc) is 2.09. The average molecular weight is 187 g/mol. The van der Waals surface area contributed by atoms with Crippen LogP contribution in [0.3, 0.4) is 0 Å². The van der Waals surface area contributed by atoms with Crippen LogP contribution in [0, 0.1) is 5.41 Å². The Hall–Kier alpha value is -0.610. The fourth-order valence-corrected chi connectivity index (χ4v) is 1.24. The molecule has 1 N–H and O–H groups in total. The maximum absolute atomic E-state index is 10.7. The van der Waals surface area contributed by atoms with E-state index in [-0.39, 0.29) is 11.4 Å². The van der Waals surface area contributed by atoms with Crippen LogP contribution in [0.15, 0.2) is 0 Å². The minimum absolute atomic E-state index is 0.164. The second kappa shape index (κ2) is 4.58. The third-order valence-corrected chi connectivity index (χ3v) is 2.19. The summed E-state index contributed by atoms with van der Waals surface area (Å²) in [5.41, 5.74) is 0.274. The summed E-state index contributed by atoms with van der Waals surface area (Å²) in [5, 5.41) is 3.21. The lowest BCUT2D eigenvalue weighted by molar-refractivity contribution is -0.140. The molecule has 1 heterocycles. The van der Waals surface area contributed by atoms with E-state index in [4.69, 9.17) is 4.74 Å². The van der Waals surface area contributed by atoms with Crippen LogP contribution in [0.5, 0.6) is 0 Å². The van der Waals surface area contributed by atoms with Crippen molar-refractivity contribution in [3.05, 3.63) is 0 Å². The van der Waals surface area contributed by atoms with Crippen LogP contribution in [0.1, 0.15) is 13.3 Å². The van der Waals surface area contributed by atoms with Crippen molar-refractivity contribution in [2.75, 3.05) is 33.4 Å². The summed E-state index contributed by atoms with van der Waals surface area (Å²) in [7, 11) is 1.41. The van der Waals surface area contributed by atoms with Gasteiger partial charge in [0.05, 0.1) is 26.7 Å². The molecule has 76 valence electrons. The van der Waals surface area contributed by atoms with Gasteiger partial charge >= 0.3 is 5.97 Å². The number of esters is 1. The molecule has 0 aliphatic carbocycles. The molecule has 0 saturated carbocycles. The molecule has 0 atom stereocenters. The van der Waals surface area contributed by atoms with Crippen LogP contribution in [0.25, 0.3) is 0 Å². The molecule has 0 radical (unpaired) electrons. The summed E-state index contributed by atoms with van der Waals surface area (Å²) in [5.74, 6) is -0.164. The third kappa shape index (κ3) is 3.32. The van der Waals surface area contributed by atoms with Crippen LogP contribution >= 0.6 is 0 Å². The Morgan fingerprint density at radius 2 is 2.31 bits per heavy atom. The SMILES string of the molecule is COC(=O)CCNCC1(C)COC1. The molecular formula is C9H17NO3. The van der Waals surface area contributed by atoms with Crippen molar-refractivity contribution in [1.82, 2.24) is 5.32 Å². The molecule has 1 fully saturated rings. The molecule has 0 aromatic rings. The zero-order chi connectivity index (χ0) is 9.73. The van der Waals surface area contributed by atoms with E-state index in [0.29, 0.717) is 13.0 Å². The van der Waals surface area contributed by atoms with E-state index in [2.05, 4.69) is 17.0 Å². The van der Waals surface area contributed by atoms with Gasteiger partial charge in [0.2, 0.25) is 0 Å². The van der Waals surface area contributed by atoms with Gasteiger partial charge in [0.25, 0.3) is 0 Å². The molecule has 0 unspecified atom stereocenters. The Labute approximate surface area is 78.6 Å². The van der Waals surface area contributed by atoms with Gasteiger partial charge in [0.15, 0.2) is 0 Å². The van der Waals surface area contributed by atoms with E-state index in [0.717, 1.165) is 19.8 Å². The van der Waals surface area contributed by atoms with Crippen molar-refractivity contribution >= 4 is 5.97 Å². The molecule has 0 aromatic carbocycles. The van der Waals surface area contributed by atoms with E-state index in [9.17, 15) is 4.79 Å². The summed E-state index contributed by atoms with van der Waals surface area (Å²) in [4.78, 5) is 10.7. The van der Waals surface area contributed by atoms with E-state index < -0.39 is 0 Å². The van der Waals surface area contributed by atoms with Gasteiger partial charge < -0.3 is 14.8 Å². The van der Waals surface area contributed by atoms with Crippen LogP contribution in [-0.4, -0.2) is 39.4 Å². The second-order valence-electron chi connectivity index (χ2n) is 3.81. The number of methoxy groups -OCH3 is 1. The minimum Gasteiger partial charge on any atom is -0.469 e. The first-order valence-electron chi connectivity index (χ1n) is 4.52. The molecule has 0 bridgehead atoms. The smallest absolute Gasteiger partial charge is 0.306 e. The Kier molecular flexibility index (Phi) is 3.69. The number of hydrogen-bond acceptors (Lipinski definition) is 4. The van der Waals surface area contributed by atoms with Gasteiger partial charge in [-0.3, -0.25) is 4.79 Å². The van der Waals surface area contributed by atoms with Crippen LogP contribution in [-0.2, 0) is 14.3 Å². The van der Waals surface area contributed by atoms with Crippen LogP contribution < -0.4 is 5.32 Å². The zero-order valence-corrected chi connectivity index (χ0v) is 8.26. The molecule has 13 heavy (non-hydrogen) atoms. The predicted octanol–water partition coefficient (Wildman–Crippen LogP) is 0.176. The highest BCUT2D eigenvalue weighted by molar-refractivity contribution is 5.69. The second-order valence-corrected chi connectivity index (χ2v) is 3.81. The van der Waals surface area contributed by atoms with Crippen molar-refractivity contribution in [1.29, 1.82) is 0 Å². The highest BCUT2D eigenvalue weighted by Crippen LogP contribution is 2.24. The van der Waals surface area contributed by atoms with E-state index in [1.54, 1.807) is 0 Å². The monoisotopic (exact) mass is 187 g/mol. The number of rotatable bonds is 5. The van der Waals surface area contributed by atoms with E-state index in [1.807, 2.05) is 0 Å². The lowest BCUT2D eigenvalue weighted by Crippen LogP contribution is -2.47. The van der Waals surface area contributed by atoms with Crippen LogP contribution in [0.2, 0.25) is 0 Å². The van der Waals surface area contributed by atoms with Gasteiger partial charge in [0, 0.05) is 18.5 Å². The van der Waals surface area contributed by atoms with Gasteiger partial charge in [-0.15, -0.1) is 0 Å². The normalized spacial score (nSPS) is 19.2. The van der Waals surface area contributed by atoms with Gasteiger partial charge in [-0.25, -0.2) is 0 Å². The summed E-state index contributed by atoms with van der Waals surface area (Å²) >= 11 is 0. The first kappa shape index (κ1) is 10.5. The first-order chi connectivity index (χ1) is 6.16. The topological polar surface area (TPSA) is 47.6 Å². The number of carbonyl (C=O) groups is 1. The number of carbonyl (C=O) groups excluding carboxylic acids is 1. The Balaban J connectivity index is 1.98. The van der Waals surface area contributed by atoms with E-state index >= 15 is 0 Å². The van der Waals surface area contributed by atoms with Gasteiger partial charge in [-0.05, 0) is 0 Å². The summed E-state index contributed by atoms with van der Waals surface area (Å²) in [6, 6.07) is 0. The largest absolute Gasteiger partial charge is 0.469 e. The van der Waals surface area contributed by atoms with Crippen molar-refractivity contribution in [2.45, 2.75) is 13.3 Å². The summed E-state index contributed by atoms with van der Waals surface area (Å²) in [6.45, 7) is 5.39. The molecule has 1 rings (SSSR count). The fraction of sp³-hybridized carbons (Fsp3) is 0.889. The molecule has 0 aromatic heterocycles. The highest BCUT2D eigenvalue weighted by Gasteiger charge is 2.32. The van der Waals surface area contributed by atoms with Crippen molar-refractivity contribution in [2.24, 2.45) is 5.41 Å². The lowest BCUT2D eigenvalue weighted by atomic mass is 9.89. The third-order valence-electron chi connectivity index (χ3n) is 2.19. The number of ether oxygens (including phenoxy) is 2. The molecule has 4 nitrogen and oxygen atoms in total. The quantitative estimate of drug-likeness (QED) is 0.492. The fourth-order valence-electron chi connectivity index (χ4n) is 1.24. The molecular weight excluding hydrogens is 170 g/mol. The van der Waals surface area contributed by atoms with Crippen molar-refractivity contribution in [3.63, 3.8) is 0 Å². The molecule has 1 aliphatic rings. The molecule has 0 spiro atoms. The minimum atomic E-state index is -0.164. The Morgan fingerprint density at radius 1 is 1.62 bits per heavy atom. The maximum atomic E-state index is 10.7. The Bertz CT molecular complexity index is 178. The first-order valence-corrected chi connectivity index (χ1v) is 4.52. The summed E-state index contributed by atoms with van der Waals surface area (Å²) in [6.07, 6.45) is 0.438. The van der Waals surface area contributed by atoms with Gasteiger partial charge in [-0.1, -0.05) is 6.92 Å². The highest BCUT2D eigenvalue weighted by atomic mass is 16.5. The standard InChI is InChI=1S/C9H17NO3/c1-9(6-13-7-9)5-10-4-3-8(11)12-2/h10H,3-7H2,1-2H3. The number of hydrogen-bond donors (Lipinski definition) is 1. The maximum Gasteiger partial charge on any atom is 0.306 e. The van der Waals surface area contributed by atoms with Crippen molar-refractivity contribution < 1.29 is 14.3 Å². The van der Waals surface area contributed by atoms with Gasteiger partial charge in [-0.2, -0.15) is 0 Å². The van der Waals surface area contributed by atoms with Crippen LogP contribution in [0.4, 0.5) is 0 Å². The lowest BCUT2D eigenvalue weighted by Gasteiger charge is -2.38. The zero-order valence-electron chi connectivity index (χ0n) is 8.26. The molecule has 0 amide bonds. The Morgan fingerprint density at radius 3 is 2.77 bits per heavy atom. The summed E-state index contributed by atoms with van der Waals surface area (Å²) < 4.78 is 9.62. The predicted molar refractivity (Wildman–Crippen MR) is 48.4 cm³/mol. The molecule has 1 aliphatic heterocycles. The molecule has 4 heteroatoms. The molecule has 1 saturated heterocycles. The number of nitrogens with one attached hydrogen (secondary N) is 1.